The Bertz CT molecular complexity index is 867. The highest BCUT2D eigenvalue weighted by Crippen LogP contribution is 2.24. The van der Waals surface area contributed by atoms with Crippen molar-refractivity contribution in [1.29, 1.82) is 0 Å². The Morgan fingerprint density at radius 3 is 2.04 bits per heavy atom. The number of hydrogen-bond acceptors (Lipinski definition) is 3. The van der Waals surface area contributed by atoms with E-state index in [9.17, 15) is 13.2 Å². The van der Waals surface area contributed by atoms with E-state index < -0.39 is 10.0 Å². The Morgan fingerprint density at radius 1 is 0.957 bits per heavy atom. The molecule has 0 aliphatic carbocycles. The minimum absolute atomic E-state index is 0.0173. The summed E-state index contributed by atoms with van der Waals surface area (Å²) in [4.78, 5) is 12.4. The summed E-state index contributed by atoms with van der Waals surface area (Å²) < 4.78 is 23.1. The molecular formula is C17H20N2O3S. The van der Waals surface area contributed by atoms with Crippen LogP contribution in [0.4, 0.5) is 5.69 Å². The molecule has 0 unspecified atom stereocenters. The lowest BCUT2D eigenvalue weighted by Gasteiger charge is -2.13. The molecule has 23 heavy (non-hydrogen) atoms. The fourth-order valence-corrected chi connectivity index (χ4v) is 3.04. The van der Waals surface area contributed by atoms with Crippen LogP contribution in [0.15, 0.2) is 35.2 Å². The standard InChI is InChI=1S/C17H20N2O3S/c1-10-5-11(2)7-14(6-10)17(20)19-16-9-15(23(18,21)22)8-12(3)13(16)4/h5-9H,1-4H3,(H,19,20)(H2,18,21,22). The zero-order valence-corrected chi connectivity index (χ0v) is 14.4. The predicted octanol–water partition coefficient (Wildman–Crippen LogP) is 2.82. The first-order chi connectivity index (χ1) is 10.6. The van der Waals surface area contributed by atoms with Gasteiger partial charge in [0.2, 0.25) is 10.0 Å². The minimum Gasteiger partial charge on any atom is -0.322 e. The number of nitrogens with two attached hydrogens (primary N) is 1. The lowest BCUT2D eigenvalue weighted by Crippen LogP contribution is -2.16. The van der Waals surface area contributed by atoms with Gasteiger partial charge < -0.3 is 5.32 Å². The number of sulfonamides is 1. The Balaban J connectivity index is 2.43. The van der Waals surface area contributed by atoms with Gasteiger partial charge in [-0.15, -0.1) is 0 Å². The summed E-state index contributed by atoms with van der Waals surface area (Å²) in [5.74, 6) is -0.286. The molecule has 2 aromatic carbocycles. The highest BCUT2D eigenvalue weighted by Gasteiger charge is 2.15. The molecule has 0 atom stereocenters. The number of carbonyl (C=O) groups excluding carboxylic acids is 1. The Morgan fingerprint density at radius 2 is 1.52 bits per heavy atom. The smallest absolute Gasteiger partial charge is 0.255 e. The van der Waals surface area contributed by atoms with E-state index in [1.807, 2.05) is 26.8 Å². The van der Waals surface area contributed by atoms with E-state index in [4.69, 9.17) is 5.14 Å². The molecular weight excluding hydrogens is 312 g/mol. The van der Waals surface area contributed by atoms with Gasteiger partial charge in [-0.25, -0.2) is 13.6 Å². The van der Waals surface area contributed by atoms with Crippen LogP contribution < -0.4 is 10.5 Å². The molecule has 1 amide bonds. The molecule has 5 nitrogen and oxygen atoms in total. The van der Waals surface area contributed by atoms with Crippen molar-refractivity contribution in [3.05, 3.63) is 58.1 Å². The largest absolute Gasteiger partial charge is 0.322 e. The number of anilines is 1. The average molecular weight is 332 g/mol. The van der Waals surface area contributed by atoms with Gasteiger partial charge in [-0.05, 0) is 63.1 Å². The lowest BCUT2D eigenvalue weighted by molar-refractivity contribution is 0.102. The molecule has 0 radical (unpaired) electrons. The Hall–Kier alpha value is -2.18. The number of nitrogens with one attached hydrogen (secondary N) is 1. The maximum absolute atomic E-state index is 12.5. The molecule has 2 aromatic rings. The highest BCUT2D eigenvalue weighted by atomic mass is 32.2. The first-order valence-corrected chi connectivity index (χ1v) is 8.66. The molecule has 3 N–H and O–H groups in total. The summed E-state index contributed by atoms with van der Waals surface area (Å²) in [6.45, 7) is 7.43. The molecule has 122 valence electrons. The lowest BCUT2D eigenvalue weighted by atomic mass is 10.1. The first-order valence-electron chi connectivity index (χ1n) is 7.11. The van der Waals surface area contributed by atoms with Gasteiger partial charge in [0.15, 0.2) is 0 Å². The monoisotopic (exact) mass is 332 g/mol. The molecule has 0 aliphatic rings. The number of hydrogen-bond donors (Lipinski definition) is 2. The quantitative estimate of drug-likeness (QED) is 0.905. The van der Waals surface area contributed by atoms with Gasteiger partial charge in [0, 0.05) is 11.3 Å². The van der Waals surface area contributed by atoms with Gasteiger partial charge in [-0.3, -0.25) is 4.79 Å². The van der Waals surface area contributed by atoms with Crippen LogP contribution in [-0.2, 0) is 10.0 Å². The van der Waals surface area contributed by atoms with Crippen LogP contribution in [0.2, 0.25) is 0 Å². The molecule has 0 spiro atoms. The van der Waals surface area contributed by atoms with E-state index in [0.29, 0.717) is 11.3 Å². The summed E-state index contributed by atoms with van der Waals surface area (Å²) >= 11 is 0. The molecule has 0 heterocycles. The number of rotatable bonds is 3. The van der Waals surface area contributed by atoms with E-state index >= 15 is 0 Å². The fraction of sp³-hybridized carbons (Fsp3) is 0.235. The molecule has 2 rings (SSSR count). The van der Waals surface area contributed by atoms with Crippen molar-refractivity contribution in [1.82, 2.24) is 0 Å². The number of aryl methyl sites for hydroxylation is 3. The number of amides is 1. The van der Waals surface area contributed by atoms with Gasteiger partial charge in [0.1, 0.15) is 0 Å². The Labute approximate surface area is 136 Å². The third-order valence-electron chi connectivity index (χ3n) is 3.70. The maximum atomic E-state index is 12.5. The van der Waals surface area contributed by atoms with Crippen molar-refractivity contribution in [2.24, 2.45) is 5.14 Å². The van der Waals surface area contributed by atoms with Crippen molar-refractivity contribution >= 4 is 21.6 Å². The molecule has 0 saturated carbocycles. The molecule has 0 fully saturated rings. The van der Waals surface area contributed by atoms with Crippen molar-refractivity contribution in [2.75, 3.05) is 5.32 Å². The summed E-state index contributed by atoms with van der Waals surface area (Å²) in [5.41, 5.74) is 4.49. The van der Waals surface area contributed by atoms with Gasteiger partial charge in [0.05, 0.1) is 4.90 Å². The average Bonchev–Trinajstić information content (AvgIpc) is 2.41. The maximum Gasteiger partial charge on any atom is 0.255 e. The van der Waals surface area contributed by atoms with Crippen LogP contribution in [0, 0.1) is 27.7 Å². The second-order valence-corrected chi connectivity index (χ2v) is 7.35. The fourth-order valence-electron chi connectivity index (χ4n) is 2.42. The third kappa shape index (κ3) is 3.97. The van der Waals surface area contributed by atoms with Crippen LogP contribution in [0.5, 0.6) is 0 Å². The zero-order valence-electron chi connectivity index (χ0n) is 13.6. The topological polar surface area (TPSA) is 89.3 Å². The summed E-state index contributed by atoms with van der Waals surface area (Å²) in [7, 11) is -3.83. The minimum atomic E-state index is -3.83. The molecule has 0 saturated heterocycles. The molecule has 0 bridgehead atoms. The molecule has 6 heteroatoms. The molecule has 0 aliphatic heterocycles. The number of carbonyl (C=O) groups is 1. The van der Waals surface area contributed by atoms with Crippen LogP contribution in [0.25, 0.3) is 0 Å². The van der Waals surface area contributed by atoms with Crippen LogP contribution in [0.1, 0.15) is 32.6 Å². The van der Waals surface area contributed by atoms with E-state index in [-0.39, 0.29) is 10.8 Å². The second kappa shape index (κ2) is 6.14. The van der Waals surface area contributed by atoms with Crippen LogP contribution in [-0.4, -0.2) is 14.3 Å². The van der Waals surface area contributed by atoms with Crippen molar-refractivity contribution in [3.63, 3.8) is 0 Å². The van der Waals surface area contributed by atoms with Crippen molar-refractivity contribution in [3.8, 4) is 0 Å². The SMILES string of the molecule is Cc1cc(C)cc(C(=O)Nc2cc(S(N)(=O)=O)cc(C)c2C)c1. The predicted molar refractivity (Wildman–Crippen MR) is 91.2 cm³/mol. The van der Waals surface area contributed by atoms with E-state index in [1.165, 1.54) is 12.1 Å². The first kappa shape index (κ1) is 17.2. The van der Waals surface area contributed by atoms with Crippen molar-refractivity contribution in [2.45, 2.75) is 32.6 Å². The van der Waals surface area contributed by atoms with Crippen LogP contribution in [0.3, 0.4) is 0 Å². The summed E-state index contributed by atoms with van der Waals surface area (Å²) in [6.07, 6.45) is 0. The van der Waals surface area contributed by atoms with Gasteiger partial charge >= 0.3 is 0 Å². The summed E-state index contributed by atoms with van der Waals surface area (Å²) in [5, 5.41) is 7.96. The van der Waals surface area contributed by atoms with E-state index in [2.05, 4.69) is 5.32 Å². The van der Waals surface area contributed by atoms with E-state index in [1.54, 1.807) is 19.1 Å². The second-order valence-electron chi connectivity index (χ2n) is 5.79. The zero-order chi connectivity index (χ0) is 17.4. The molecule has 0 aromatic heterocycles. The Kier molecular flexibility index (Phi) is 4.58. The van der Waals surface area contributed by atoms with Gasteiger partial charge in [-0.2, -0.15) is 0 Å². The number of primary sulfonamides is 1. The van der Waals surface area contributed by atoms with E-state index in [0.717, 1.165) is 22.3 Å². The van der Waals surface area contributed by atoms with Crippen molar-refractivity contribution < 1.29 is 13.2 Å². The van der Waals surface area contributed by atoms with Gasteiger partial charge in [0.25, 0.3) is 5.91 Å². The van der Waals surface area contributed by atoms with Crippen LogP contribution >= 0.6 is 0 Å². The third-order valence-corrected chi connectivity index (χ3v) is 4.59. The van der Waals surface area contributed by atoms with Gasteiger partial charge in [-0.1, -0.05) is 17.2 Å². The number of benzene rings is 2. The highest BCUT2D eigenvalue weighted by molar-refractivity contribution is 7.89. The summed E-state index contributed by atoms with van der Waals surface area (Å²) in [6, 6.07) is 8.44. The normalized spacial score (nSPS) is 11.3.